The number of aromatic nitrogens is 3. The minimum Gasteiger partial charge on any atom is -0.444 e. The molecule has 40 heavy (non-hydrogen) atoms. The molecular formula is C28H34F5N5O2. The van der Waals surface area contributed by atoms with Gasteiger partial charge in [0.1, 0.15) is 16.9 Å². The van der Waals surface area contributed by atoms with E-state index >= 15 is 4.39 Å². The topological polar surface area (TPSA) is 71.5 Å². The molecule has 2 aromatic heterocycles. The lowest BCUT2D eigenvalue weighted by Gasteiger charge is -2.36. The van der Waals surface area contributed by atoms with E-state index in [1.165, 1.54) is 37.8 Å². The molecule has 0 saturated carbocycles. The number of aryl methyl sites for hydroxylation is 3. The molecule has 0 spiro atoms. The monoisotopic (exact) mass is 567 g/mol. The molecule has 1 fully saturated rings. The van der Waals surface area contributed by atoms with Gasteiger partial charge in [-0.25, -0.2) is 9.18 Å². The zero-order valence-electron chi connectivity index (χ0n) is 23.9. The Bertz CT molecular complexity index is 1410. The van der Waals surface area contributed by atoms with Crippen molar-refractivity contribution >= 4 is 22.8 Å². The molecule has 0 atom stereocenters. The van der Waals surface area contributed by atoms with Crippen LogP contribution < -0.4 is 4.90 Å². The maximum atomic E-state index is 15.9. The number of carbonyl (C=O) groups is 1. The number of nitrogens with zero attached hydrogens (tertiary/aromatic N) is 5. The molecular weight excluding hydrogens is 533 g/mol. The van der Waals surface area contributed by atoms with Crippen LogP contribution in [0.5, 0.6) is 0 Å². The molecule has 1 amide bonds. The Labute approximate surface area is 230 Å². The van der Waals surface area contributed by atoms with Crippen molar-refractivity contribution < 1.29 is 31.5 Å². The number of carbonyl (C=O) groups excluding carboxylic acids is 1. The van der Waals surface area contributed by atoms with E-state index in [4.69, 9.17) is 4.74 Å². The summed E-state index contributed by atoms with van der Waals surface area (Å²) < 4.78 is 77.8. The molecule has 0 bridgehead atoms. The van der Waals surface area contributed by atoms with Crippen molar-refractivity contribution in [3.63, 3.8) is 0 Å². The van der Waals surface area contributed by atoms with Crippen molar-refractivity contribution in [1.82, 2.24) is 19.9 Å². The van der Waals surface area contributed by atoms with Gasteiger partial charge in [0.05, 0.1) is 11.3 Å². The fraction of sp³-hybridized carbons (Fsp3) is 0.500. The van der Waals surface area contributed by atoms with Crippen LogP contribution in [0, 0.1) is 32.7 Å². The Balaban J connectivity index is 0.00000216. The number of hydrogen-bond acceptors (Lipinski definition) is 6. The van der Waals surface area contributed by atoms with E-state index in [0.717, 1.165) is 0 Å². The van der Waals surface area contributed by atoms with Crippen molar-refractivity contribution in [2.45, 2.75) is 67.2 Å². The molecule has 3 aromatic rings. The number of anilines is 1. The van der Waals surface area contributed by atoms with Gasteiger partial charge < -0.3 is 14.5 Å². The van der Waals surface area contributed by atoms with Gasteiger partial charge in [0.25, 0.3) is 0 Å². The van der Waals surface area contributed by atoms with Gasteiger partial charge >= 0.3 is 18.3 Å². The minimum atomic E-state index is -4.79. The van der Waals surface area contributed by atoms with Gasteiger partial charge in [-0.15, -0.1) is 0 Å². The van der Waals surface area contributed by atoms with E-state index in [1.807, 2.05) is 13.8 Å². The number of halogens is 5. The lowest BCUT2D eigenvalue weighted by atomic mass is 9.95. The van der Waals surface area contributed by atoms with Crippen LogP contribution in [0.1, 0.15) is 57.0 Å². The van der Waals surface area contributed by atoms with Crippen LogP contribution in [0.3, 0.4) is 0 Å². The first-order valence-corrected chi connectivity index (χ1v) is 13.0. The second-order valence-electron chi connectivity index (χ2n) is 10.4. The summed E-state index contributed by atoms with van der Waals surface area (Å²) >= 11 is 0. The summed E-state index contributed by atoms with van der Waals surface area (Å²) in [6, 6.07) is 2.72. The Morgan fingerprint density at radius 2 is 1.50 bits per heavy atom. The second kappa shape index (κ2) is 11.5. The number of amides is 1. The van der Waals surface area contributed by atoms with Crippen LogP contribution in [0.2, 0.25) is 0 Å². The number of pyridine rings is 1. The average molecular weight is 568 g/mol. The fourth-order valence-electron chi connectivity index (χ4n) is 4.65. The fourth-order valence-corrected chi connectivity index (χ4v) is 4.65. The Morgan fingerprint density at radius 3 is 2.05 bits per heavy atom. The van der Waals surface area contributed by atoms with Gasteiger partial charge in [0.2, 0.25) is 0 Å². The van der Waals surface area contributed by atoms with Crippen molar-refractivity contribution in [3.8, 4) is 11.3 Å². The van der Waals surface area contributed by atoms with Gasteiger partial charge in [-0.1, -0.05) is 13.8 Å². The second-order valence-corrected chi connectivity index (χ2v) is 10.4. The van der Waals surface area contributed by atoms with Gasteiger partial charge in [-0.2, -0.15) is 27.5 Å². The highest BCUT2D eigenvalue weighted by Gasteiger charge is 2.38. The van der Waals surface area contributed by atoms with E-state index in [-0.39, 0.29) is 54.2 Å². The Morgan fingerprint density at radius 1 is 0.900 bits per heavy atom. The molecule has 1 saturated heterocycles. The van der Waals surface area contributed by atoms with E-state index in [2.05, 4.69) is 15.0 Å². The lowest BCUT2D eigenvalue weighted by molar-refractivity contribution is -0.137. The van der Waals surface area contributed by atoms with Crippen molar-refractivity contribution in [3.05, 3.63) is 46.4 Å². The summed E-state index contributed by atoms with van der Waals surface area (Å²) in [5.74, 6) is -1.02. The number of benzene rings is 1. The summed E-state index contributed by atoms with van der Waals surface area (Å²) in [7, 11) is 0. The third kappa shape index (κ3) is 6.42. The zero-order valence-corrected chi connectivity index (χ0v) is 23.9. The zero-order chi connectivity index (χ0) is 30.2. The molecule has 1 aliphatic heterocycles. The molecule has 0 N–H and O–H groups in total. The van der Waals surface area contributed by atoms with Gasteiger partial charge in [-0.3, -0.25) is 4.98 Å². The molecule has 1 aromatic carbocycles. The molecule has 3 heterocycles. The highest BCUT2D eigenvalue weighted by atomic mass is 19.4. The van der Waals surface area contributed by atoms with E-state index in [9.17, 15) is 22.4 Å². The Hall–Kier alpha value is -3.57. The maximum absolute atomic E-state index is 15.9. The highest BCUT2D eigenvalue weighted by Crippen LogP contribution is 2.42. The van der Waals surface area contributed by atoms with Crippen LogP contribution in [-0.4, -0.2) is 57.7 Å². The van der Waals surface area contributed by atoms with Crippen LogP contribution >= 0.6 is 0 Å². The van der Waals surface area contributed by atoms with E-state index < -0.39 is 52.1 Å². The molecule has 7 nitrogen and oxygen atoms in total. The summed E-state index contributed by atoms with van der Waals surface area (Å²) in [5, 5.41) is 0.147. The minimum absolute atomic E-state index is 0.0920. The van der Waals surface area contributed by atoms with Gasteiger partial charge in [-0.05, 0) is 64.8 Å². The van der Waals surface area contributed by atoms with Crippen LogP contribution in [0.25, 0.3) is 22.2 Å². The SMILES string of the molecule is CC.Cc1cc(C)c(C(F)(F)F)c(-c2c(C)cc3c(N4CCN(C(=O)OC(C)(C)C)CC4)nc(F)nc3c2F)n1. The average Bonchev–Trinajstić information content (AvgIpc) is 2.83. The number of fused-ring (bicyclic) bond motifs is 1. The third-order valence-electron chi connectivity index (χ3n) is 6.18. The largest absolute Gasteiger partial charge is 0.444 e. The third-order valence-corrected chi connectivity index (χ3v) is 6.18. The van der Waals surface area contributed by atoms with Crippen molar-refractivity contribution in [2.75, 3.05) is 31.1 Å². The molecule has 0 radical (unpaired) electrons. The molecule has 1 aliphatic rings. The normalized spacial score (nSPS) is 14.2. The molecule has 4 rings (SSSR count). The number of rotatable bonds is 2. The number of alkyl halides is 3. The highest BCUT2D eigenvalue weighted by molar-refractivity contribution is 5.94. The quantitative estimate of drug-likeness (QED) is 0.245. The number of ether oxygens (including phenoxy) is 1. The number of piperazine rings is 1. The molecule has 0 aliphatic carbocycles. The number of hydrogen-bond donors (Lipinski definition) is 0. The van der Waals surface area contributed by atoms with Crippen molar-refractivity contribution in [2.24, 2.45) is 0 Å². The predicted octanol–water partition coefficient (Wildman–Crippen LogP) is 7.00. The van der Waals surface area contributed by atoms with Gasteiger partial charge in [0, 0.05) is 42.8 Å². The Kier molecular flexibility index (Phi) is 8.90. The molecule has 0 unspecified atom stereocenters. The van der Waals surface area contributed by atoms with Crippen LogP contribution in [0.4, 0.5) is 32.6 Å². The standard InChI is InChI=1S/C26H28F5N5O2.C2H6/c1-13-12-16-20(19(27)17(13)21-18(26(29,30)31)14(2)11-15(3)32-21)33-23(28)34-22(16)35-7-9-36(10-8-35)24(37)38-25(4,5)6;1-2/h11-12H,7-10H2,1-6H3;1-2H3. The molecule has 218 valence electrons. The first-order valence-electron chi connectivity index (χ1n) is 13.0. The van der Waals surface area contributed by atoms with Crippen molar-refractivity contribution in [1.29, 1.82) is 0 Å². The van der Waals surface area contributed by atoms with E-state index in [1.54, 1.807) is 25.7 Å². The first kappa shape index (κ1) is 31.0. The van der Waals surface area contributed by atoms with E-state index in [0.29, 0.717) is 0 Å². The smallest absolute Gasteiger partial charge is 0.418 e. The van der Waals surface area contributed by atoms with Gasteiger partial charge in [0.15, 0.2) is 5.82 Å². The summed E-state index contributed by atoms with van der Waals surface area (Å²) in [4.78, 5) is 27.1. The summed E-state index contributed by atoms with van der Waals surface area (Å²) in [6.07, 6.45) is -6.49. The van der Waals surface area contributed by atoms with Crippen LogP contribution in [0.15, 0.2) is 12.1 Å². The summed E-state index contributed by atoms with van der Waals surface area (Å²) in [6.45, 7) is 14.5. The lowest BCUT2D eigenvalue weighted by Crippen LogP contribution is -2.50. The molecule has 12 heteroatoms. The predicted molar refractivity (Wildman–Crippen MR) is 143 cm³/mol. The van der Waals surface area contributed by atoms with Crippen LogP contribution in [-0.2, 0) is 10.9 Å². The summed E-state index contributed by atoms with van der Waals surface area (Å²) in [5.41, 5.74) is -2.79. The first-order chi connectivity index (χ1) is 18.6. The maximum Gasteiger partial charge on any atom is 0.418 e.